The number of rotatable bonds is 7. The van der Waals surface area contributed by atoms with E-state index >= 15 is 0 Å². The topological polar surface area (TPSA) is 129 Å². The zero-order chi connectivity index (χ0) is 20.3. The molecule has 9 nitrogen and oxygen atoms in total. The lowest BCUT2D eigenvalue weighted by molar-refractivity contribution is -0.124. The molecule has 1 fully saturated rings. The van der Waals surface area contributed by atoms with Gasteiger partial charge in [-0.2, -0.15) is 5.10 Å². The number of benzene rings is 1. The molecule has 1 atom stereocenters. The Bertz CT molecular complexity index is 875. The van der Waals surface area contributed by atoms with Crippen molar-refractivity contribution in [3.05, 3.63) is 23.9 Å². The van der Waals surface area contributed by atoms with Crippen LogP contribution in [0.2, 0.25) is 0 Å². The minimum absolute atomic E-state index is 0.257. The first kappa shape index (κ1) is 20.1. The molecule has 0 radical (unpaired) electrons. The fraction of sp³-hybridized carbons (Fsp3) is 0.526. The number of nitrogens with zero attached hydrogens (tertiary/aromatic N) is 2. The number of hydrogen-bond acceptors (Lipinski definition) is 6. The van der Waals surface area contributed by atoms with Gasteiger partial charge in [0.15, 0.2) is 0 Å². The van der Waals surface area contributed by atoms with Crippen molar-refractivity contribution < 1.29 is 24.2 Å². The van der Waals surface area contributed by atoms with Gasteiger partial charge in [-0.05, 0) is 43.9 Å². The predicted molar refractivity (Wildman–Crippen MR) is 102 cm³/mol. The van der Waals surface area contributed by atoms with Crippen LogP contribution in [0.15, 0.2) is 18.2 Å². The summed E-state index contributed by atoms with van der Waals surface area (Å²) in [6.45, 7) is 2.85. The second kappa shape index (κ2) is 8.15. The van der Waals surface area contributed by atoms with Crippen LogP contribution < -0.4 is 15.8 Å². The van der Waals surface area contributed by atoms with Gasteiger partial charge < -0.3 is 25.6 Å². The average molecular weight is 390 g/mol. The van der Waals surface area contributed by atoms with Crippen molar-refractivity contribution in [2.75, 3.05) is 26.4 Å². The third-order valence-corrected chi connectivity index (χ3v) is 5.10. The van der Waals surface area contributed by atoms with Crippen molar-refractivity contribution in [2.45, 2.75) is 25.3 Å². The molecule has 0 spiro atoms. The van der Waals surface area contributed by atoms with Crippen LogP contribution in [0.5, 0.6) is 5.75 Å². The van der Waals surface area contributed by atoms with E-state index in [1.165, 1.54) is 11.6 Å². The number of aliphatic hydroxyl groups excluding tert-OH is 1. The molecular formula is C19H26N4O5. The molecule has 1 aliphatic heterocycles. The first-order valence-electron chi connectivity index (χ1n) is 9.24. The van der Waals surface area contributed by atoms with Crippen LogP contribution in [0.3, 0.4) is 0 Å². The van der Waals surface area contributed by atoms with Gasteiger partial charge in [-0.15, -0.1) is 0 Å². The fourth-order valence-corrected chi connectivity index (χ4v) is 3.15. The van der Waals surface area contributed by atoms with Gasteiger partial charge in [-0.3, -0.25) is 14.3 Å². The van der Waals surface area contributed by atoms with Gasteiger partial charge in [0.2, 0.25) is 5.91 Å². The number of ether oxygens (including phenoxy) is 2. The summed E-state index contributed by atoms with van der Waals surface area (Å²) in [5.41, 5.74) is 4.62. The number of nitrogens with two attached hydrogens (primary N) is 1. The van der Waals surface area contributed by atoms with Gasteiger partial charge in [0.25, 0.3) is 5.91 Å². The van der Waals surface area contributed by atoms with E-state index in [2.05, 4.69) is 10.4 Å². The Labute approximate surface area is 162 Å². The van der Waals surface area contributed by atoms with E-state index in [0.29, 0.717) is 29.2 Å². The van der Waals surface area contributed by atoms with Crippen LogP contribution >= 0.6 is 0 Å². The third kappa shape index (κ3) is 4.10. The molecule has 9 heteroatoms. The maximum Gasteiger partial charge on any atom is 0.271 e. The van der Waals surface area contributed by atoms with Crippen LogP contribution in [0.25, 0.3) is 10.9 Å². The summed E-state index contributed by atoms with van der Waals surface area (Å²) >= 11 is 0. The standard InChI is InChI=1S/C19H26N4O5/c1-19(11-24,18(20)26)21-17(25)16-14-9-13(3-4-15(14)22-23(16)2)28-10-12-5-7-27-8-6-12/h3-4,9,12,24H,5-8,10-11H2,1-2H3,(H2,20,26)(H,21,25). The largest absolute Gasteiger partial charge is 0.493 e. The van der Waals surface area contributed by atoms with E-state index in [9.17, 15) is 14.7 Å². The highest BCUT2D eigenvalue weighted by Gasteiger charge is 2.34. The van der Waals surface area contributed by atoms with Crippen molar-refractivity contribution in [2.24, 2.45) is 18.7 Å². The zero-order valence-corrected chi connectivity index (χ0v) is 16.1. The van der Waals surface area contributed by atoms with E-state index in [0.717, 1.165) is 26.1 Å². The second-order valence-electron chi connectivity index (χ2n) is 7.33. The monoisotopic (exact) mass is 390 g/mol. The number of carbonyl (C=O) groups is 2. The van der Waals surface area contributed by atoms with Gasteiger partial charge in [0, 0.05) is 25.6 Å². The predicted octanol–water partition coefficient (Wildman–Crippen LogP) is 0.345. The van der Waals surface area contributed by atoms with Gasteiger partial charge in [0.1, 0.15) is 17.0 Å². The van der Waals surface area contributed by atoms with E-state index in [-0.39, 0.29) is 5.69 Å². The number of amides is 2. The molecule has 3 rings (SSSR count). The van der Waals surface area contributed by atoms with E-state index in [4.69, 9.17) is 15.2 Å². The number of primary amides is 1. The summed E-state index contributed by atoms with van der Waals surface area (Å²) in [5, 5.41) is 16.9. The highest BCUT2D eigenvalue weighted by Crippen LogP contribution is 2.25. The molecule has 2 aromatic rings. The molecule has 152 valence electrons. The Morgan fingerprint density at radius 1 is 1.43 bits per heavy atom. The van der Waals surface area contributed by atoms with E-state index < -0.39 is 24.0 Å². The number of aliphatic hydroxyl groups is 1. The summed E-state index contributed by atoms with van der Waals surface area (Å²) in [6, 6.07) is 5.36. The number of aromatic nitrogens is 2. The number of aryl methyl sites for hydroxylation is 1. The van der Waals surface area contributed by atoms with Crippen LogP contribution in [0.1, 0.15) is 30.3 Å². The molecule has 1 unspecified atom stereocenters. The third-order valence-electron chi connectivity index (χ3n) is 5.10. The molecule has 1 aromatic carbocycles. The number of fused-ring (bicyclic) bond motifs is 1. The maximum absolute atomic E-state index is 12.8. The van der Waals surface area contributed by atoms with Crippen molar-refractivity contribution in [1.29, 1.82) is 0 Å². The average Bonchev–Trinajstić information content (AvgIpc) is 3.02. The summed E-state index contributed by atoms with van der Waals surface area (Å²) in [5.74, 6) is -0.292. The van der Waals surface area contributed by atoms with E-state index in [1.54, 1.807) is 19.2 Å². The van der Waals surface area contributed by atoms with Gasteiger partial charge in [0.05, 0.1) is 18.7 Å². The van der Waals surface area contributed by atoms with Crippen LogP contribution in [-0.4, -0.2) is 58.7 Å². The smallest absolute Gasteiger partial charge is 0.271 e. The van der Waals surface area contributed by atoms with Crippen molar-refractivity contribution in [3.63, 3.8) is 0 Å². The van der Waals surface area contributed by atoms with Crippen molar-refractivity contribution in [3.8, 4) is 5.75 Å². The van der Waals surface area contributed by atoms with Crippen molar-refractivity contribution >= 4 is 22.7 Å². The Morgan fingerprint density at radius 2 is 2.14 bits per heavy atom. The zero-order valence-electron chi connectivity index (χ0n) is 16.1. The Balaban J connectivity index is 1.82. The normalized spacial score (nSPS) is 17.2. The molecule has 1 aromatic heterocycles. The van der Waals surface area contributed by atoms with Crippen LogP contribution in [0, 0.1) is 5.92 Å². The minimum Gasteiger partial charge on any atom is -0.493 e. The molecule has 2 amide bonds. The van der Waals surface area contributed by atoms with Gasteiger partial charge >= 0.3 is 0 Å². The Hall–Kier alpha value is -2.65. The SMILES string of the molecule is Cn1nc2ccc(OCC3CCOCC3)cc2c1C(=O)NC(C)(CO)C(N)=O. The molecule has 0 aliphatic carbocycles. The van der Waals surface area contributed by atoms with E-state index in [1.807, 2.05) is 6.07 Å². The molecular weight excluding hydrogens is 364 g/mol. The quantitative estimate of drug-likeness (QED) is 0.625. The molecule has 4 N–H and O–H groups in total. The summed E-state index contributed by atoms with van der Waals surface area (Å²) in [6.07, 6.45) is 1.94. The second-order valence-corrected chi connectivity index (χ2v) is 7.33. The minimum atomic E-state index is -1.56. The molecule has 1 aliphatic rings. The summed E-state index contributed by atoms with van der Waals surface area (Å²) < 4.78 is 12.7. The molecule has 1 saturated heterocycles. The molecule has 28 heavy (non-hydrogen) atoms. The fourth-order valence-electron chi connectivity index (χ4n) is 3.15. The first-order chi connectivity index (χ1) is 13.3. The number of nitrogens with one attached hydrogen (secondary N) is 1. The van der Waals surface area contributed by atoms with Crippen molar-refractivity contribution in [1.82, 2.24) is 15.1 Å². The van der Waals surface area contributed by atoms with Gasteiger partial charge in [-0.1, -0.05) is 0 Å². The summed E-state index contributed by atoms with van der Waals surface area (Å²) in [4.78, 5) is 24.4. The lowest BCUT2D eigenvalue weighted by Gasteiger charge is -2.24. The van der Waals surface area contributed by atoms with Gasteiger partial charge in [-0.25, -0.2) is 0 Å². The highest BCUT2D eigenvalue weighted by atomic mass is 16.5. The first-order valence-corrected chi connectivity index (χ1v) is 9.24. The Kier molecular flexibility index (Phi) is 5.85. The highest BCUT2D eigenvalue weighted by molar-refractivity contribution is 6.07. The molecule has 0 saturated carbocycles. The number of carbonyl (C=O) groups excluding carboxylic acids is 2. The molecule has 0 bridgehead atoms. The lowest BCUT2D eigenvalue weighted by atomic mass is 10.0. The summed E-state index contributed by atoms with van der Waals surface area (Å²) in [7, 11) is 1.64. The lowest BCUT2D eigenvalue weighted by Crippen LogP contribution is -2.58. The Morgan fingerprint density at radius 3 is 2.79 bits per heavy atom. The number of hydrogen-bond donors (Lipinski definition) is 3. The molecule has 2 heterocycles. The van der Waals surface area contributed by atoms with Crippen LogP contribution in [-0.2, 0) is 16.6 Å². The maximum atomic E-state index is 12.8. The van der Waals surface area contributed by atoms with Crippen LogP contribution in [0.4, 0.5) is 0 Å².